The number of Topliss-reactive ketones (excluding diaryl/α,β-unsaturated/α-hetero) is 1. The van der Waals surface area contributed by atoms with Gasteiger partial charge in [0.25, 0.3) is 5.69 Å². The maximum Gasteiger partial charge on any atom is 0.346 e. The van der Waals surface area contributed by atoms with Crippen LogP contribution in [0.2, 0.25) is 5.02 Å². The highest BCUT2D eigenvalue weighted by atomic mass is 35.5. The van der Waals surface area contributed by atoms with Crippen molar-refractivity contribution in [2.45, 2.75) is 26.9 Å². The van der Waals surface area contributed by atoms with Crippen LogP contribution in [-0.2, 0) is 4.74 Å². The Morgan fingerprint density at radius 2 is 1.59 bits per heavy atom. The molecule has 0 aliphatic heterocycles. The number of halogens is 1. The van der Waals surface area contributed by atoms with E-state index in [-0.39, 0.29) is 17.1 Å². The van der Waals surface area contributed by atoms with Crippen LogP contribution in [0.5, 0.6) is 11.5 Å². The van der Waals surface area contributed by atoms with Gasteiger partial charge in [0.1, 0.15) is 5.56 Å². The topological polar surface area (TPSA) is 110 Å². The zero-order valence-corrected chi connectivity index (χ0v) is 20.0. The number of carbonyl (C=O) groups is 2. The molecule has 0 fully saturated rings. The van der Waals surface area contributed by atoms with E-state index >= 15 is 0 Å². The Labute approximate surface area is 201 Å². The lowest BCUT2D eigenvalue weighted by Crippen LogP contribution is -2.25. The quantitative estimate of drug-likeness (QED) is 0.188. The molecular weight excluding hydrogens is 464 g/mol. The molecule has 2 aromatic carbocycles. The fraction of sp³-hybridized carbons (Fsp3) is 0.250. The molecule has 0 aliphatic rings. The molecule has 1 atom stereocenters. The number of ketones is 1. The van der Waals surface area contributed by atoms with E-state index in [1.54, 1.807) is 25.1 Å². The SMILES string of the molecule is COc1cc(C(=O)O[C@@H](C)C(=O)c2cc(C)n(-c3ccc(Cl)cc3)c2C)c([N+](=O)[O-])cc1OC. The molecule has 3 rings (SSSR count). The second kappa shape index (κ2) is 9.96. The van der Waals surface area contributed by atoms with E-state index in [1.807, 2.05) is 23.6 Å². The van der Waals surface area contributed by atoms with Crippen molar-refractivity contribution in [2.24, 2.45) is 0 Å². The first-order valence-corrected chi connectivity index (χ1v) is 10.6. The molecule has 1 aromatic heterocycles. The summed E-state index contributed by atoms with van der Waals surface area (Å²) in [5, 5.41) is 12.1. The Hall–Kier alpha value is -3.85. The third-order valence-electron chi connectivity index (χ3n) is 5.35. The van der Waals surface area contributed by atoms with Gasteiger partial charge in [-0.15, -0.1) is 0 Å². The maximum absolute atomic E-state index is 13.1. The molecule has 9 nitrogen and oxygen atoms in total. The molecule has 0 amide bonds. The first kappa shape index (κ1) is 24.8. The number of rotatable bonds is 8. The van der Waals surface area contributed by atoms with Crippen molar-refractivity contribution in [1.82, 2.24) is 4.57 Å². The number of esters is 1. The average molecular weight is 487 g/mol. The molecule has 178 valence electrons. The van der Waals surface area contributed by atoms with Crippen LogP contribution >= 0.6 is 11.6 Å². The number of carbonyl (C=O) groups excluding carboxylic acids is 2. The van der Waals surface area contributed by atoms with Gasteiger partial charge in [-0.1, -0.05) is 11.6 Å². The summed E-state index contributed by atoms with van der Waals surface area (Å²) in [4.78, 5) is 36.7. The molecule has 3 aromatic rings. The highest BCUT2D eigenvalue weighted by molar-refractivity contribution is 6.30. The second-order valence-electron chi connectivity index (χ2n) is 7.49. The van der Waals surface area contributed by atoms with Gasteiger partial charge in [0.2, 0.25) is 5.78 Å². The molecular formula is C24H23ClN2O7. The molecule has 34 heavy (non-hydrogen) atoms. The van der Waals surface area contributed by atoms with E-state index in [0.29, 0.717) is 16.3 Å². The van der Waals surface area contributed by atoms with Gasteiger partial charge >= 0.3 is 5.97 Å². The normalized spacial score (nSPS) is 11.6. The highest BCUT2D eigenvalue weighted by Crippen LogP contribution is 2.35. The lowest BCUT2D eigenvalue weighted by Gasteiger charge is -2.14. The fourth-order valence-electron chi connectivity index (χ4n) is 3.68. The number of nitro benzene ring substituents is 1. The number of nitrogens with zero attached hydrogens (tertiary/aromatic N) is 2. The minimum atomic E-state index is -1.20. The van der Waals surface area contributed by atoms with Gasteiger partial charge in [-0.2, -0.15) is 0 Å². The van der Waals surface area contributed by atoms with Gasteiger partial charge in [-0.25, -0.2) is 4.79 Å². The molecule has 0 bridgehead atoms. The number of hydrogen-bond donors (Lipinski definition) is 0. The summed E-state index contributed by atoms with van der Waals surface area (Å²) in [6.07, 6.45) is -1.20. The minimum Gasteiger partial charge on any atom is -0.493 e. The zero-order chi connectivity index (χ0) is 25.2. The molecule has 0 saturated heterocycles. The van der Waals surface area contributed by atoms with Crippen LogP contribution in [0, 0.1) is 24.0 Å². The zero-order valence-electron chi connectivity index (χ0n) is 19.2. The molecule has 10 heteroatoms. The van der Waals surface area contributed by atoms with Crippen LogP contribution < -0.4 is 9.47 Å². The standard InChI is InChI=1S/C24H23ClN2O7/c1-13-10-18(14(2)26(13)17-8-6-16(25)7-9-17)23(28)15(3)34-24(29)19-11-21(32-4)22(33-5)12-20(19)27(30)31/h6-12,15H,1-5H3/t15-/m0/s1. The Kier molecular flexibility index (Phi) is 7.26. The monoisotopic (exact) mass is 486 g/mol. The van der Waals surface area contributed by atoms with Crippen molar-refractivity contribution in [3.8, 4) is 17.2 Å². The number of benzene rings is 2. The minimum absolute atomic E-state index is 0.0875. The smallest absolute Gasteiger partial charge is 0.346 e. The summed E-state index contributed by atoms with van der Waals surface area (Å²) in [5.41, 5.74) is 1.78. The van der Waals surface area contributed by atoms with Crippen molar-refractivity contribution in [1.29, 1.82) is 0 Å². The molecule has 0 spiro atoms. The number of aryl methyl sites for hydroxylation is 1. The van der Waals surface area contributed by atoms with Crippen LogP contribution in [0.3, 0.4) is 0 Å². The van der Waals surface area contributed by atoms with Crippen LogP contribution in [0.4, 0.5) is 5.69 Å². The van der Waals surface area contributed by atoms with Gasteiger partial charge in [0, 0.05) is 33.7 Å². The van der Waals surface area contributed by atoms with E-state index in [4.69, 9.17) is 25.8 Å². The molecule has 1 heterocycles. The van der Waals surface area contributed by atoms with Crippen molar-refractivity contribution in [3.05, 3.63) is 80.1 Å². The van der Waals surface area contributed by atoms with Crippen LogP contribution in [0.25, 0.3) is 5.69 Å². The molecule has 0 unspecified atom stereocenters. The fourth-order valence-corrected chi connectivity index (χ4v) is 3.81. The number of ether oxygens (including phenoxy) is 3. The van der Waals surface area contributed by atoms with Gasteiger partial charge in [-0.3, -0.25) is 14.9 Å². The van der Waals surface area contributed by atoms with Crippen molar-refractivity contribution in [3.63, 3.8) is 0 Å². The number of aromatic nitrogens is 1. The first-order chi connectivity index (χ1) is 16.1. The summed E-state index contributed by atoms with van der Waals surface area (Å²) >= 11 is 5.97. The Morgan fingerprint density at radius 3 is 2.15 bits per heavy atom. The average Bonchev–Trinajstić information content (AvgIpc) is 3.11. The lowest BCUT2D eigenvalue weighted by atomic mass is 10.1. The second-order valence-corrected chi connectivity index (χ2v) is 7.93. The Morgan fingerprint density at radius 1 is 1.00 bits per heavy atom. The van der Waals surface area contributed by atoms with Crippen LogP contribution in [0.15, 0.2) is 42.5 Å². The molecule has 0 radical (unpaired) electrons. The van der Waals surface area contributed by atoms with Crippen molar-refractivity contribution in [2.75, 3.05) is 14.2 Å². The third-order valence-corrected chi connectivity index (χ3v) is 5.60. The summed E-state index contributed by atoms with van der Waals surface area (Å²) < 4.78 is 17.4. The van der Waals surface area contributed by atoms with Gasteiger partial charge < -0.3 is 18.8 Å². The lowest BCUT2D eigenvalue weighted by molar-refractivity contribution is -0.385. The first-order valence-electron chi connectivity index (χ1n) is 10.2. The molecule has 0 saturated carbocycles. The van der Waals surface area contributed by atoms with Gasteiger partial charge in [0.15, 0.2) is 17.6 Å². The predicted octanol–water partition coefficient (Wildman–Crippen LogP) is 5.10. The summed E-state index contributed by atoms with van der Waals surface area (Å²) in [5.74, 6) is -1.26. The number of methoxy groups -OCH3 is 2. The van der Waals surface area contributed by atoms with Gasteiger partial charge in [0.05, 0.1) is 25.2 Å². The van der Waals surface area contributed by atoms with Crippen molar-refractivity contribution >= 4 is 29.0 Å². The summed E-state index contributed by atoms with van der Waals surface area (Å²) in [7, 11) is 2.65. The van der Waals surface area contributed by atoms with E-state index in [0.717, 1.165) is 23.5 Å². The highest BCUT2D eigenvalue weighted by Gasteiger charge is 2.30. The largest absolute Gasteiger partial charge is 0.493 e. The van der Waals surface area contributed by atoms with E-state index in [1.165, 1.54) is 21.1 Å². The van der Waals surface area contributed by atoms with E-state index in [2.05, 4.69) is 0 Å². The third kappa shape index (κ3) is 4.74. The summed E-state index contributed by atoms with van der Waals surface area (Å²) in [6, 6.07) is 11.1. The number of hydrogen-bond acceptors (Lipinski definition) is 7. The van der Waals surface area contributed by atoms with Crippen LogP contribution in [0.1, 0.15) is 39.0 Å². The van der Waals surface area contributed by atoms with Crippen molar-refractivity contribution < 1.29 is 28.7 Å². The maximum atomic E-state index is 13.1. The Balaban J connectivity index is 1.90. The van der Waals surface area contributed by atoms with E-state index in [9.17, 15) is 19.7 Å². The Bertz CT molecular complexity index is 1270. The molecule has 0 aliphatic carbocycles. The predicted molar refractivity (Wildman–Crippen MR) is 126 cm³/mol. The molecule has 0 N–H and O–H groups in total. The van der Waals surface area contributed by atoms with E-state index < -0.39 is 28.5 Å². The van der Waals surface area contributed by atoms with Gasteiger partial charge in [-0.05, 0) is 51.1 Å². The van der Waals surface area contributed by atoms with Crippen LogP contribution in [-0.4, -0.2) is 41.6 Å². The number of nitro groups is 1. The summed E-state index contributed by atoms with van der Waals surface area (Å²) in [6.45, 7) is 5.05.